The number of pyridine rings is 1. The van der Waals surface area contributed by atoms with Crippen molar-refractivity contribution in [1.82, 2.24) is 14.8 Å². The average Bonchev–Trinajstić information content (AvgIpc) is 2.70. The van der Waals surface area contributed by atoms with Crippen molar-refractivity contribution in [1.29, 1.82) is 0 Å². The molecule has 0 spiro atoms. The Morgan fingerprint density at radius 1 is 1.07 bits per heavy atom. The van der Waals surface area contributed by atoms with Crippen LogP contribution in [0, 0.1) is 6.92 Å². The minimum atomic E-state index is -0.584. The Hall–Kier alpha value is -3.41. The minimum absolute atomic E-state index is 0.0831. The van der Waals surface area contributed by atoms with Gasteiger partial charge in [0.25, 0.3) is 5.91 Å². The Morgan fingerprint density at radius 2 is 1.86 bits per heavy atom. The number of hydrogen-bond donors (Lipinski definition) is 1. The van der Waals surface area contributed by atoms with Gasteiger partial charge in [0.05, 0.1) is 5.56 Å². The molecular formula is C23H23N3O3. The van der Waals surface area contributed by atoms with E-state index in [4.69, 9.17) is 0 Å². The van der Waals surface area contributed by atoms with E-state index in [2.05, 4.69) is 11.1 Å². The van der Waals surface area contributed by atoms with Gasteiger partial charge >= 0.3 is 0 Å². The summed E-state index contributed by atoms with van der Waals surface area (Å²) in [5, 5.41) is 0.680. The van der Waals surface area contributed by atoms with Crippen LogP contribution in [0.25, 0.3) is 10.9 Å². The van der Waals surface area contributed by atoms with Gasteiger partial charge in [0.15, 0.2) is 0 Å². The summed E-state index contributed by atoms with van der Waals surface area (Å²) in [5.74, 6) is -0.372. The summed E-state index contributed by atoms with van der Waals surface area (Å²) >= 11 is 0. The molecule has 2 heterocycles. The van der Waals surface area contributed by atoms with Gasteiger partial charge in [-0.25, -0.2) is 0 Å². The number of carbonyl (C=O) groups excluding carboxylic acids is 2. The third-order valence-electron chi connectivity index (χ3n) is 5.45. The van der Waals surface area contributed by atoms with Crippen LogP contribution in [0.2, 0.25) is 0 Å². The lowest BCUT2D eigenvalue weighted by Crippen LogP contribution is -2.57. The van der Waals surface area contributed by atoms with Crippen molar-refractivity contribution in [2.45, 2.75) is 26.4 Å². The molecule has 2 amide bonds. The van der Waals surface area contributed by atoms with Gasteiger partial charge in [0.1, 0.15) is 6.04 Å². The van der Waals surface area contributed by atoms with E-state index in [9.17, 15) is 14.4 Å². The van der Waals surface area contributed by atoms with E-state index in [1.54, 1.807) is 28.9 Å². The molecule has 1 N–H and O–H groups in total. The Labute approximate surface area is 168 Å². The zero-order chi connectivity index (χ0) is 20.5. The predicted molar refractivity (Wildman–Crippen MR) is 112 cm³/mol. The van der Waals surface area contributed by atoms with E-state index in [0.29, 0.717) is 36.1 Å². The molecule has 1 aliphatic heterocycles. The molecule has 4 rings (SSSR count). The van der Waals surface area contributed by atoms with Crippen molar-refractivity contribution in [3.8, 4) is 0 Å². The highest BCUT2D eigenvalue weighted by Crippen LogP contribution is 2.21. The Balaban J connectivity index is 1.58. The number of fused-ring (bicyclic) bond motifs is 1. The van der Waals surface area contributed by atoms with Gasteiger partial charge in [-0.3, -0.25) is 14.4 Å². The van der Waals surface area contributed by atoms with E-state index in [0.717, 1.165) is 11.1 Å². The molecule has 1 fully saturated rings. The van der Waals surface area contributed by atoms with E-state index < -0.39 is 6.04 Å². The van der Waals surface area contributed by atoms with Crippen molar-refractivity contribution in [3.05, 3.63) is 81.6 Å². The first-order valence-electron chi connectivity index (χ1n) is 9.71. The normalized spacial score (nSPS) is 17.0. The molecule has 0 bridgehead atoms. The zero-order valence-corrected chi connectivity index (χ0v) is 16.5. The molecule has 148 valence electrons. The van der Waals surface area contributed by atoms with Crippen molar-refractivity contribution in [2.24, 2.45) is 0 Å². The van der Waals surface area contributed by atoms with E-state index in [-0.39, 0.29) is 17.4 Å². The van der Waals surface area contributed by atoms with Crippen molar-refractivity contribution < 1.29 is 9.59 Å². The second-order valence-electron chi connectivity index (χ2n) is 7.52. The average molecular weight is 389 g/mol. The lowest BCUT2D eigenvalue weighted by molar-refractivity contribution is -0.140. The molecule has 6 nitrogen and oxygen atoms in total. The molecule has 0 aliphatic carbocycles. The topological polar surface area (TPSA) is 73.5 Å². The zero-order valence-electron chi connectivity index (χ0n) is 16.5. The molecule has 1 aliphatic rings. The van der Waals surface area contributed by atoms with Crippen LogP contribution in [-0.2, 0) is 11.3 Å². The molecule has 2 aromatic carbocycles. The molecule has 0 saturated carbocycles. The largest absolute Gasteiger partial charge is 0.335 e. The molecule has 1 atom stereocenters. The third kappa shape index (κ3) is 3.66. The summed E-state index contributed by atoms with van der Waals surface area (Å²) in [5.41, 5.74) is 2.84. The maximum Gasteiger partial charge on any atom is 0.255 e. The van der Waals surface area contributed by atoms with Crippen molar-refractivity contribution >= 4 is 22.7 Å². The van der Waals surface area contributed by atoms with E-state index in [1.165, 1.54) is 6.07 Å². The second-order valence-corrected chi connectivity index (χ2v) is 7.52. The van der Waals surface area contributed by atoms with Gasteiger partial charge in [-0.05, 0) is 25.5 Å². The van der Waals surface area contributed by atoms with Crippen LogP contribution in [0.4, 0.5) is 0 Å². The van der Waals surface area contributed by atoms with Gasteiger partial charge in [-0.2, -0.15) is 0 Å². The number of aromatic amines is 1. The number of carbonyl (C=O) groups is 2. The summed E-state index contributed by atoms with van der Waals surface area (Å²) in [6.07, 6.45) is 0. The Kier molecular flexibility index (Phi) is 4.92. The summed E-state index contributed by atoms with van der Waals surface area (Å²) in [7, 11) is 0. The van der Waals surface area contributed by atoms with E-state index >= 15 is 0 Å². The van der Waals surface area contributed by atoms with Gasteiger partial charge < -0.3 is 14.8 Å². The maximum absolute atomic E-state index is 13.2. The molecule has 6 heteroatoms. The van der Waals surface area contributed by atoms with Crippen LogP contribution < -0.4 is 5.56 Å². The van der Waals surface area contributed by atoms with Crippen LogP contribution in [0.1, 0.15) is 28.4 Å². The fourth-order valence-corrected chi connectivity index (χ4v) is 3.93. The van der Waals surface area contributed by atoms with Crippen molar-refractivity contribution in [3.63, 3.8) is 0 Å². The van der Waals surface area contributed by atoms with Crippen LogP contribution >= 0.6 is 0 Å². The predicted octanol–water partition coefficient (Wildman–Crippen LogP) is 2.71. The highest BCUT2D eigenvalue weighted by atomic mass is 16.2. The standard InChI is InChI=1S/C23H23N3O3/c1-15-6-5-7-17(12-15)14-25-10-11-26(16(2)22(25)28)23(29)19-13-21(27)24-20-9-4-3-8-18(19)20/h3-9,12-13,16H,10-11,14H2,1-2H3,(H,24,27)/t16-/m0/s1. The van der Waals surface area contributed by atoms with Gasteiger partial charge in [0.2, 0.25) is 11.5 Å². The van der Waals surface area contributed by atoms with Crippen LogP contribution in [0.3, 0.4) is 0 Å². The van der Waals surface area contributed by atoms with E-state index in [1.807, 2.05) is 37.3 Å². The fourth-order valence-electron chi connectivity index (χ4n) is 3.93. The highest BCUT2D eigenvalue weighted by molar-refractivity contribution is 6.07. The number of piperazine rings is 1. The number of rotatable bonds is 3. The molecule has 3 aromatic rings. The third-order valence-corrected chi connectivity index (χ3v) is 5.45. The SMILES string of the molecule is Cc1cccc(CN2CCN(C(=O)c3cc(=O)[nH]c4ccccc34)[C@@H](C)C2=O)c1. The van der Waals surface area contributed by atoms with Gasteiger partial charge in [-0.1, -0.05) is 48.0 Å². The number of aromatic nitrogens is 1. The number of para-hydroxylation sites is 1. The summed E-state index contributed by atoms with van der Waals surface area (Å²) in [6, 6.07) is 16.0. The summed E-state index contributed by atoms with van der Waals surface area (Å²) in [4.78, 5) is 44.3. The Bertz CT molecular complexity index is 1150. The number of hydrogen-bond acceptors (Lipinski definition) is 3. The summed E-state index contributed by atoms with van der Waals surface area (Å²) < 4.78 is 0. The molecule has 0 unspecified atom stereocenters. The molecule has 1 aromatic heterocycles. The highest BCUT2D eigenvalue weighted by Gasteiger charge is 2.35. The fraction of sp³-hybridized carbons (Fsp3) is 0.261. The molecule has 1 saturated heterocycles. The van der Waals surface area contributed by atoms with Crippen LogP contribution in [0.15, 0.2) is 59.4 Å². The lowest BCUT2D eigenvalue weighted by atomic mass is 10.0. The summed E-state index contributed by atoms with van der Waals surface area (Å²) in [6.45, 7) is 5.19. The molecule has 0 radical (unpaired) electrons. The first-order chi connectivity index (χ1) is 13.9. The monoisotopic (exact) mass is 389 g/mol. The second kappa shape index (κ2) is 7.54. The molecule has 29 heavy (non-hydrogen) atoms. The van der Waals surface area contributed by atoms with Gasteiger partial charge in [-0.15, -0.1) is 0 Å². The first kappa shape index (κ1) is 18.9. The quantitative estimate of drug-likeness (QED) is 0.749. The van der Waals surface area contributed by atoms with Crippen LogP contribution in [-0.4, -0.2) is 45.7 Å². The van der Waals surface area contributed by atoms with Crippen molar-refractivity contribution in [2.75, 3.05) is 13.1 Å². The smallest absolute Gasteiger partial charge is 0.255 e. The maximum atomic E-state index is 13.2. The Morgan fingerprint density at radius 3 is 2.66 bits per heavy atom. The number of nitrogens with zero attached hydrogens (tertiary/aromatic N) is 2. The number of nitrogens with one attached hydrogen (secondary N) is 1. The number of amides is 2. The minimum Gasteiger partial charge on any atom is -0.335 e. The number of H-pyrrole nitrogens is 1. The number of aryl methyl sites for hydroxylation is 1. The number of benzene rings is 2. The first-order valence-corrected chi connectivity index (χ1v) is 9.71. The van der Waals surface area contributed by atoms with Crippen LogP contribution in [0.5, 0.6) is 0 Å². The molecular weight excluding hydrogens is 366 g/mol. The van der Waals surface area contributed by atoms with Gasteiger partial charge in [0, 0.05) is 36.6 Å². The lowest BCUT2D eigenvalue weighted by Gasteiger charge is -2.39.